The van der Waals surface area contributed by atoms with E-state index in [-0.39, 0.29) is 18.0 Å². The van der Waals surface area contributed by atoms with Crippen LogP contribution in [0, 0.1) is 0 Å². The van der Waals surface area contributed by atoms with Gasteiger partial charge in [0, 0.05) is 37.3 Å². The molecule has 0 spiro atoms. The van der Waals surface area contributed by atoms with Crippen molar-refractivity contribution in [3.8, 4) is 22.5 Å². The van der Waals surface area contributed by atoms with E-state index in [9.17, 15) is 9.59 Å². The summed E-state index contributed by atoms with van der Waals surface area (Å²) >= 11 is 0. The monoisotopic (exact) mass is 788 g/mol. The second-order valence-corrected chi connectivity index (χ2v) is 15.1. The molecule has 0 unspecified atom stereocenters. The first-order valence-corrected chi connectivity index (χ1v) is 20.5. The van der Waals surface area contributed by atoms with Crippen molar-refractivity contribution < 1.29 is 4.79 Å². The highest BCUT2D eigenvalue weighted by atomic mass is 16.2. The highest BCUT2D eigenvalue weighted by Crippen LogP contribution is 2.43. The van der Waals surface area contributed by atoms with Gasteiger partial charge in [-0.25, -0.2) is 9.67 Å². The van der Waals surface area contributed by atoms with Crippen molar-refractivity contribution >= 4 is 5.91 Å². The van der Waals surface area contributed by atoms with Crippen molar-refractivity contribution in [2.75, 3.05) is 6.54 Å². The van der Waals surface area contributed by atoms with Crippen LogP contribution in [0.2, 0.25) is 0 Å². The van der Waals surface area contributed by atoms with E-state index < -0.39 is 5.54 Å². The number of nitrogens with zero attached hydrogens (tertiary/aromatic N) is 8. The number of amides is 1. The Morgan fingerprint density at radius 3 is 1.98 bits per heavy atom. The number of fused-ring (bicyclic) bond motifs is 1. The number of carbonyl (C=O) groups excluding carboxylic acids is 1. The molecular weight excluding hydrogens is 745 g/mol. The van der Waals surface area contributed by atoms with Crippen molar-refractivity contribution in [3.05, 3.63) is 219 Å². The average molecular weight is 789 g/mol. The van der Waals surface area contributed by atoms with E-state index in [0.717, 1.165) is 63.3 Å². The summed E-state index contributed by atoms with van der Waals surface area (Å²) in [5, 5.41) is 13.8. The van der Waals surface area contributed by atoms with E-state index in [4.69, 9.17) is 15.3 Å². The molecule has 1 aliphatic heterocycles. The molecule has 10 nitrogen and oxygen atoms in total. The molecule has 10 heteroatoms. The second-order valence-electron chi connectivity index (χ2n) is 15.1. The lowest BCUT2D eigenvalue weighted by molar-refractivity contribution is 0.0731. The van der Waals surface area contributed by atoms with E-state index in [2.05, 4.69) is 126 Å². The van der Waals surface area contributed by atoms with Crippen LogP contribution in [0.3, 0.4) is 0 Å². The van der Waals surface area contributed by atoms with E-state index in [1.54, 1.807) is 34.0 Å². The molecule has 0 fully saturated rings. The smallest absolute Gasteiger partial charge is 0.259 e. The van der Waals surface area contributed by atoms with E-state index in [0.29, 0.717) is 42.9 Å². The Morgan fingerprint density at radius 2 is 1.37 bits per heavy atom. The number of aryl methyl sites for hydroxylation is 1. The first kappa shape index (κ1) is 38.2. The number of tetrazole rings is 1. The molecule has 0 atom stereocenters. The fraction of sp³-hybridized carbons (Fsp3) is 0.180. The average Bonchev–Trinajstić information content (AvgIpc) is 3.81. The molecule has 9 rings (SSSR count). The number of rotatable bonds is 12. The Kier molecular flexibility index (Phi) is 10.7. The van der Waals surface area contributed by atoms with Gasteiger partial charge in [0.15, 0.2) is 5.82 Å². The Hall–Kier alpha value is -7.33. The molecule has 60 heavy (non-hydrogen) atoms. The van der Waals surface area contributed by atoms with Gasteiger partial charge in [-0.05, 0) is 62.4 Å². The number of hydrogen-bond donors (Lipinski definition) is 0. The zero-order chi connectivity index (χ0) is 40.9. The van der Waals surface area contributed by atoms with Crippen molar-refractivity contribution in [3.63, 3.8) is 0 Å². The third-order valence-electron chi connectivity index (χ3n) is 11.5. The largest absolute Gasteiger partial charge is 0.334 e. The molecule has 3 aromatic heterocycles. The van der Waals surface area contributed by atoms with Crippen LogP contribution >= 0.6 is 0 Å². The first-order valence-electron chi connectivity index (χ1n) is 20.5. The molecule has 296 valence electrons. The zero-order valence-electron chi connectivity index (χ0n) is 33.4. The number of hydrogen-bond acceptors (Lipinski definition) is 7. The topological polar surface area (TPSA) is 112 Å². The number of carbonyl (C=O) groups is 1. The van der Waals surface area contributed by atoms with Crippen LogP contribution in [0.25, 0.3) is 22.5 Å². The van der Waals surface area contributed by atoms with Crippen molar-refractivity contribution in [2.45, 2.75) is 51.2 Å². The molecule has 0 saturated heterocycles. The van der Waals surface area contributed by atoms with Crippen LogP contribution in [0.1, 0.15) is 69.5 Å². The lowest BCUT2D eigenvalue weighted by Gasteiger charge is -2.36. The molecule has 0 N–H and O–H groups in total. The van der Waals surface area contributed by atoms with E-state index >= 15 is 0 Å². The summed E-state index contributed by atoms with van der Waals surface area (Å²) in [6.45, 7) is 3.23. The minimum atomic E-state index is -0.895. The van der Waals surface area contributed by atoms with Gasteiger partial charge in [-0.15, -0.1) is 5.10 Å². The lowest BCUT2D eigenvalue weighted by Crippen LogP contribution is -2.42. The van der Waals surface area contributed by atoms with Gasteiger partial charge < -0.3 is 4.90 Å². The zero-order valence-corrected chi connectivity index (χ0v) is 33.4. The first-order chi connectivity index (χ1) is 29.6. The van der Waals surface area contributed by atoms with Gasteiger partial charge in [-0.3, -0.25) is 19.1 Å². The predicted octanol–water partition coefficient (Wildman–Crippen LogP) is 8.39. The number of pyridine rings is 1. The molecular formula is C50H44N8O2. The van der Waals surface area contributed by atoms with Crippen molar-refractivity contribution in [1.29, 1.82) is 0 Å². The number of benzene rings is 5. The Morgan fingerprint density at radius 1 is 0.733 bits per heavy atom. The predicted molar refractivity (Wildman–Crippen MR) is 232 cm³/mol. The summed E-state index contributed by atoms with van der Waals surface area (Å²) in [7, 11) is 0. The maximum absolute atomic E-state index is 14.3. The van der Waals surface area contributed by atoms with Crippen LogP contribution in [-0.2, 0) is 31.5 Å². The lowest BCUT2D eigenvalue weighted by atomic mass is 9.77. The van der Waals surface area contributed by atoms with Crippen LogP contribution < -0.4 is 5.56 Å². The van der Waals surface area contributed by atoms with Crippen LogP contribution in [0.4, 0.5) is 0 Å². The molecule has 0 radical (unpaired) electrons. The summed E-state index contributed by atoms with van der Waals surface area (Å²) < 4.78 is 3.76. The maximum atomic E-state index is 14.3. The van der Waals surface area contributed by atoms with Crippen molar-refractivity contribution in [1.82, 2.24) is 39.6 Å². The highest BCUT2D eigenvalue weighted by molar-refractivity contribution is 5.94. The molecule has 0 saturated carbocycles. The van der Waals surface area contributed by atoms with Gasteiger partial charge in [0.25, 0.3) is 11.5 Å². The molecule has 1 aliphatic rings. The van der Waals surface area contributed by atoms with Gasteiger partial charge in [0.2, 0.25) is 0 Å². The summed E-state index contributed by atoms with van der Waals surface area (Å²) in [6, 6.07) is 51.2. The molecule has 0 aliphatic carbocycles. The fourth-order valence-electron chi connectivity index (χ4n) is 8.49. The molecule has 8 aromatic rings. The van der Waals surface area contributed by atoms with E-state index in [1.165, 1.54) is 0 Å². The van der Waals surface area contributed by atoms with E-state index in [1.807, 2.05) is 35.0 Å². The van der Waals surface area contributed by atoms with Gasteiger partial charge in [0.1, 0.15) is 11.4 Å². The maximum Gasteiger partial charge on any atom is 0.259 e. The standard InChI is InChI=1S/C50H44N8O2/c1-2-3-25-46-52-45-30-32-56(48(59)38-16-15-31-51-33-38)35-44(45)49(60)57(46)34-36-26-28-37(29-27-36)42-23-13-14-24-43(42)47-53-54-55-58(47)50(39-17-7-4-8-18-39,40-19-9-5-10-20-40)41-21-11-6-12-22-41/h4-24,26-29,31,33H,2-3,25,30,32,34-35H2,1H3. The highest BCUT2D eigenvalue weighted by Gasteiger charge is 2.42. The summed E-state index contributed by atoms with van der Waals surface area (Å²) in [5.74, 6) is 1.27. The van der Waals surface area contributed by atoms with Gasteiger partial charge in [-0.1, -0.05) is 153 Å². The fourth-order valence-corrected chi connectivity index (χ4v) is 8.49. The van der Waals surface area contributed by atoms with Gasteiger partial charge >= 0.3 is 0 Å². The third-order valence-corrected chi connectivity index (χ3v) is 11.5. The van der Waals surface area contributed by atoms with Crippen LogP contribution in [0.15, 0.2) is 169 Å². The SMILES string of the molecule is CCCCc1nc2c(c(=O)n1Cc1ccc(-c3ccccc3-c3nnnn3C(c3ccccc3)(c3ccccc3)c3ccccc3)cc1)CN(C(=O)c1cccnc1)CC2. The Bertz CT molecular complexity index is 2690. The Balaban J connectivity index is 1.08. The number of unbranched alkanes of at least 4 members (excludes halogenated alkanes) is 1. The van der Waals surface area contributed by atoms with Crippen LogP contribution in [0.5, 0.6) is 0 Å². The normalized spacial score (nSPS) is 12.6. The second kappa shape index (κ2) is 16.9. The third kappa shape index (κ3) is 7.10. The Labute approximate surface area is 348 Å². The molecule has 5 aromatic carbocycles. The molecule has 1 amide bonds. The summed E-state index contributed by atoms with van der Waals surface area (Å²) in [4.78, 5) is 38.6. The molecule has 4 heterocycles. The minimum Gasteiger partial charge on any atom is -0.334 e. The summed E-state index contributed by atoms with van der Waals surface area (Å²) in [6.07, 6.45) is 6.37. The van der Waals surface area contributed by atoms with Gasteiger partial charge in [0.05, 0.1) is 29.9 Å². The number of aromatic nitrogens is 7. The molecule has 0 bridgehead atoms. The minimum absolute atomic E-state index is 0.0882. The quantitative estimate of drug-likeness (QED) is 0.114. The summed E-state index contributed by atoms with van der Waals surface area (Å²) in [5.41, 5.74) is 7.78. The van der Waals surface area contributed by atoms with Crippen molar-refractivity contribution in [2.24, 2.45) is 0 Å². The van der Waals surface area contributed by atoms with Gasteiger partial charge in [-0.2, -0.15) is 0 Å². The van der Waals surface area contributed by atoms with Crippen LogP contribution in [-0.4, -0.2) is 52.1 Å².